The maximum Gasteiger partial charge on any atom is 0.254 e. The van der Waals surface area contributed by atoms with Crippen molar-refractivity contribution in [2.45, 2.75) is 18.6 Å². The van der Waals surface area contributed by atoms with Crippen LogP contribution < -0.4 is 9.47 Å². The molecule has 2 aromatic carbocycles. The van der Waals surface area contributed by atoms with Gasteiger partial charge >= 0.3 is 0 Å². The summed E-state index contributed by atoms with van der Waals surface area (Å²) in [6, 6.07) is 10.7. The molecule has 0 bridgehead atoms. The lowest BCUT2D eigenvalue weighted by Crippen LogP contribution is -2.31. The molecule has 0 aromatic heterocycles. The highest BCUT2D eigenvalue weighted by atomic mass is 19.1. The normalized spacial score (nSPS) is 19.8. The maximum atomic E-state index is 13.6. The van der Waals surface area contributed by atoms with Gasteiger partial charge in [0.05, 0.1) is 26.4 Å². The molecule has 0 spiro atoms. The number of halogens is 1. The van der Waals surface area contributed by atoms with Gasteiger partial charge in [-0.25, -0.2) is 4.39 Å². The molecule has 1 saturated heterocycles. The van der Waals surface area contributed by atoms with Crippen molar-refractivity contribution in [2.24, 2.45) is 0 Å². The molecule has 2 atom stereocenters. The molecule has 1 heterocycles. The number of aliphatic hydroxyl groups excluding tert-OH is 1. The van der Waals surface area contributed by atoms with Gasteiger partial charge in [0.25, 0.3) is 5.91 Å². The number of benzene rings is 2. The largest absolute Gasteiger partial charge is 0.493 e. The number of aliphatic hydroxyl groups is 1. The summed E-state index contributed by atoms with van der Waals surface area (Å²) in [5.74, 6) is 0.377. The van der Waals surface area contributed by atoms with Gasteiger partial charge in [0.15, 0.2) is 11.5 Å². The highest BCUT2D eigenvalue weighted by Gasteiger charge is 2.36. The quantitative estimate of drug-likeness (QED) is 0.926. The zero-order valence-corrected chi connectivity index (χ0v) is 14.1. The van der Waals surface area contributed by atoms with E-state index in [-0.39, 0.29) is 24.3 Å². The van der Waals surface area contributed by atoms with Crippen molar-refractivity contribution in [3.63, 3.8) is 0 Å². The van der Waals surface area contributed by atoms with E-state index in [0.717, 1.165) is 0 Å². The first-order valence-corrected chi connectivity index (χ1v) is 8.00. The number of hydrogen-bond acceptors (Lipinski definition) is 4. The lowest BCUT2D eigenvalue weighted by Gasteiger charge is -2.25. The van der Waals surface area contributed by atoms with Gasteiger partial charge in [0.1, 0.15) is 5.82 Å². The fraction of sp³-hybridized carbons (Fsp3) is 0.316. The van der Waals surface area contributed by atoms with Crippen molar-refractivity contribution < 1.29 is 23.8 Å². The van der Waals surface area contributed by atoms with Crippen molar-refractivity contribution >= 4 is 5.91 Å². The lowest BCUT2D eigenvalue weighted by molar-refractivity contribution is 0.0715. The van der Waals surface area contributed by atoms with Crippen LogP contribution in [-0.4, -0.2) is 42.8 Å². The molecule has 1 N–H and O–H groups in total. The summed E-state index contributed by atoms with van der Waals surface area (Å²) in [6.07, 6.45) is -0.264. The molecule has 132 valence electrons. The summed E-state index contributed by atoms with van der Waals surface area (Å²) < 4.78 is 24.0. The first-order valence-electron chi connectivity index (χ1n) is 8.00. The predicted molar refractivity (Wildman–Crippen MR) is 90.3 cm³/mol. The Morgan fingerprint density at radius 2 is 1.92 bits per heavy atom. The fourth-order valence-electron chi connectivity index (χ4n) is 3.20. The van der Waals surface area contributed by atoms with E-state index in [1.165, 1.54) is 26.4 Å². The molecule has 1 amide bonds. The van der Waals surface area contributed by atoms with E-state index >= 15 is 0 Å². The van der Waals surface area contributed by atoms with Crippen molar-refractivity contribution in [3.8, 4) is 11.5 Å². The summed E-state index contributed by atoms with van der Waals surface area (Å²) in [4.78, 5) is 14.5. The number of methoxy groups -OCH3 is 2. The molecular formula is C19H20FNO4. The summed E-state index contributed by atoms with van der Waals surface area (Å²) in [5, 5.41) is 10.0. The zero-order valence-electron chi connectivity index (χ0n) is 14.1. The third-order valence-corrected chi connectivity index (χ3v) is 4.40. The topological polar surface area (TPSA) is 59.0 Å². The SMILES string of the molecule is COc1ccc(C(=O)N2C[C@@H](O)C[C@@H]2c2cccc(F)c2)cc1OC. The highest BCUT2D eigenvalue weighted by molar-refractivity contribution is 5.95. The minimum absolute atomic E-state index is 0.203. The summed E-state index contributed by atoms with van der Waals surface area (Å²) in [7, 11) is 3.03. The van der Waals surface area contributed by atoms with Gasteiger partial charge in [-0.1, -0.05) is 12.1 Å². The van der Waals surface area contributed by atoms with Crippen LogP contribution in [0, 0.1) is 5.82 Å². The molecule has 0 aliphatic carbocycles. The van der Waals surface area contributed by atoms with Gasteiger partial charge in [-0.15, -0.1) is 0 Å². The lowest BCUT2D eigenvalue weighted by atomic mass is 10.0. The van der Waals surface area contributed by atoms with Crippen LogP contribution in [0.25, 0.3) is 0 Å². The van der Waals surface area contributed by atoms with Gasteiger partial charge in [0.2, 0.25) is 0 Å². The van der Waals surface area contributed by atoms with Gasteiger partial charge in [-0.05, 0) is 42.3 Å². The third-order valence-electron chi connectivity index (χ3n) is 4.40. The van der Waals surface area contributed by atoms with Crippen LogP contribution in [0.1, 0.15) is 28.4 Å². The van der Waals surface area contributed by atoms with Crippen LogP contribution in [-0.2, 0) is 0 Å². The molecule has 25 heavy (non-hydrogen) atoms. The Balaban J connectivity index is 1.92. The molecule has 5 nitrogen and oxygen atoms in total. The van der Waals surface area contributed by atoms with Crippen LogP contribution >= 0.6 is 0 Å². The first-order chi connectivity index (χ1) is 12.0. The Hall–Kier alpha value is -2.60. The Morgan fingerprint density at radius 3 is 2.60 bits per heavy atom. The summed E-state index contributed by atoms with van der Waals surface area (Å²) in [5.41, 5.74) is 1.10. The number of carbonyl (C=O) groups excluding carboxylic acids is 1. The molecule has 0 saturated carbocycles. The summed E-state index contributed by atoms with van der Waals surface area (Å²) >= 11 is 0. The molecule has 3 rings (SSSR count). The number of hydrogen-bond donors (Lipinski definition) is 1. The molecule has 1 aliphatic heterocycles. The zero-order chi connectivity index (χ0) is 18.0. The fourth-order valence-corrected chi connectivity index (χ4v) is 3.20. The molecule has 2 aromatic rings. The van der Waals surface area contributed by atoms with E-state index in [2.05, 4.69) is 0 Å². The van der Waals surface area contributed by atoms with Gasteiger partial charge < -0.3 is 19.5 Å². The Bertz CT molecular complexity index is 780. The van der Waals surface area contributed by atoms with Crippen LogP contribution in [0.5, 0.6) is 11.5 Å². The van der Waals surface area contributed by atoms with Crippen molar-refractivity contribution in [2.75, 3.05) is 20.8 Å². The van der Waals surface area contributed by atoms with Crippen LogP contribution in [0.3, 0.4) is 0 Å². The first kappa shape index (κ1) is 17.2. The maximum absolute atomic E-state index is 13.6. The average molecular weight is 345 g/mol. The average Bonchev–Trinajstić information content (AvgIpc) is 3.02. The monoisotopic (exact) mass is 345 g/mol. The van der Waals surface area contributed by atoms with E-state index < -0.39 is 6.10 Å². The number of likely N-dealkylation sites (tertiary alicyclic amines) is 1. The van der Waals surface area contributed by atoms with Gasteiger partial charge in [-0.3, -0.25) is 4.79 Å². The van der Waals surface area contributed by atoms with Crippen LogP contribution in [0.15, 0.2) is 42.5 Å². The number of ether oxygens (including phenoxy) is 2. The van der Waals surface area contributed by atoms with E-state index in [1.807, 2.05) is 0 Å². The minimum Gasteiger partial charge on any atom is -0.493 e. The van der Waals surface area contributed by atoms with Gasteiger partial charge in [0, 0.05) is 12.1 Å². The Morgan fingerprint density at radius 1 is 1.16 bits per heavy atom. The van der Waals surface area contributed by atoms with Crippen LogP contribution in [0.4, 0.5) is 4.39 Å². The minimum atomic E-state index is -0.641. The Kier molecular flexibility index (Phi) is 4.90. The standard InChI is InChI=1S/C19H20FNO4/c1-24-17-7-6-13(9-18(17)25-2)19(23)21-11-15(22)10-16(21)12-4-3-5-14(20)8-12/h3-9,15-16,22H,10-11H2,1-2H3/t15-,16+/m0/s1. The molecular weight excluding hydrogens is 325 g/mol. The second kappa shape index (κ2) is 7.11. The molecule has 6 heteroatoms. The predicted octanol–water partition coefficient (Wildman–Crippen LogP) is 2.79. The molecule has 1 fully saturated rings. The molecule has 0 radical (unpaired) electrons. The number of nitrogens with zero attached hydrogens (tertiary/aromatic N) is 1. The van der Waals surface area contributed by atoms with Crippen molar-refractivity contribution in [1.29, 1.82) is 0 Å². The highest BCUT2D eigenvalue weighted by Crippen LogP contribution is 2.35. The number of β-amino-alcohol motifs (C(OH)–C–C–N with tert-alkyl or cyclic N) is 1. The second-order valence-corrected chi connectivity index (χ2v) is 5.99. The van der Waals surface area contributed by atoms with E-state index in [1.54, 1.807) is 35.2 Å². The van der Waals surface area contributed by atoms with E-state index in [9.17, 15) is 14.3 Å². The van der Waals surface area contributed by atoms with Crippen molar-refractivity contribution in [3.05, 3.63) is 59.4 Å². The van der Waals surface area contributed by atoms with Gasteiger partial charge in [-0.2, -0.15) is 0 Å². The third kappa shape index (κ3) is 3.44. The number of amides is 1. The second-order valence-electron chi connectivity index (χ2n) is 5.99. The van der Waals surface area contributed by atoms with Crippen molar-refractivity contribution in [1.82, 2.24) is 4.90 Å². The number of carbonyl (C=O) groups is 1. The smallest absolute Gasteiger partial charge is 0.254 e. The number of rotatable bonds is 4. The molecule has 1 aliphatic rings. The summed E-state index contributed by atoms with van der Waals surface area (Å²) in [6.45, 7) is 0.203. The van der Waals surface area contributed by atoms with E-state index in [4.69, 9.17) is 9.47 Å². The molecule has 0 unspecified atom stereocenters. The van der Waals surface area contributed by atoms with Crippen LogP contribution in [0.2, 0.25) is 0 Å². The van der Waals surface area contributed by atoms with E-state index in [0.29, 0.717) is 29.0 Å². The Labute approximate surface area is 145 Å².